The van der Waals surface area contributed by atoms with E-state index in [1.54, 1.807) is 0 Å². The fourth-order valence-electron chi connectivity index (χ4n) is 1.84. The molecular formula is C9H10F3N3O. The summed E-state index contributed by atoms with van der Waals surface area (Å²) in [4.78, 5) is 12.5. The van der Waals surface area contributed by atoms with Gasteiger partial charge in [0.15, 0.2) is 5.69 Å². The van der Waals surface area contributed by atoms with E-state index in [4.69, 9.17) is 0 Å². The highest BCUT2D eigenvalue weighted by Crippen LogP contribution is 2.36. The second-order valence-corrected chi connectivity index (χ2v) is 3.77. The van der Waals surface area contributed by atoms with Crippen LogP contribution in [-0.4, -0.2) is 20.6 Å². The van der Waals surface area contributed by atoms with Crippen molar-refractivity contribution in [1.29, 1.82) is 0 Å². The van der Waals surface area contributed by atoms with E-state index in [-0.39, 0.29) is 24.6 Å². The van der Waals surface area contributed by atoms with Crippen LogP contribution in [0.5, 0.6) is 0 Å². The molecule has 0 N–H and O–H groups in total. The highest BCUT2D eigenvalue weighted by Gasteiger charge is 2.41. The first-order valence-electron chi connectivity index (χ1n) is 4.68. The summed E-state index contributed by atoms with van der Waals surface area (Å²) in [5.41, 5.74) is -0.304. The molecule has 0 saturated carbocycles. The quantitative estimate of drug-likeness (QED) is 0.677. The van der Waals surface area contributed by atoms with Gasteiger partial charge in [-0.15, -0.1) is 0 Å². The van der Waals surface area contributed by atoms with Gasteiger partial charge in [0.1, 0.15) is 0 Å². The molecule has 2 heterocycles. The lowest BCUT2D eigenvalue weighted by molar-refractivity contribution is -0.143. The Morgan fingerprint density at radius 3 is 2.50 bits per heavy atom. The third-order valence-electron chi connectivity index (χ3n) is 2.68. The fourth-order valence-corrected chi connectivity index (χ4v) is 1.84. The summed E-state index contributed by atoms with van der Waals surface area (Å²) in [5, 5.41) is 3.45. The number of halogens is 3. The monoisotopic (exact) mass is 233 g/mol. The molecule has 0 aliphatic carbocycles. The second-order valence-electron chi connectivity index (χ2n) is 3.77. The predicted octanol–water partition coefficient (Wildman–Crippen LogP) is 1.30. The Labute approximate surface area is 89.6 Å². The summed E-state index contributed by atoms with van der Waals surface area (Å²) < 4.78 is 39.0. The van der Waals surface area contributed by atoms with Crippen molar-refractivity contribution in [3.8, 4) is 0 Å². The van der Waals surface area contributed by atoms with Crippen molar-refractivity contribution < 1.29 is 18.0 Å². The Morgan fingerprint density at radius 1 is 1.38 bits per heavy atom. The molecule has 1 amide bonds. The molecule has 0 unspecified atom stereocenters. The van der Waals surface area contributed by atoms with Crippen molar-refractivity contribution in [1.82, 2.24) is 14.7 Å². The Morgan fingerprint density at radius 2 is 2.00 bits per heavy atom. The van der Waals surface area contributed by atoms with Gasteiger partial charge < -0.3 is 4.90 Å². The van der Waals surface area contributed by atoms with Gasteiger partial charge in [-0.05, 0) is 0 Å². The van der Waals surface area contributed by atoms with E-state index < -0.39 is 11.9 Å². The molecule has 0 aromatic carbocycles. The van der Waals surface area contributed by atoms with E-state index in [9.17, 15) is 18.0 Å². The third-order valence-corrected chi connectivity index (χ3v) is 2.68. The van der Waals surface area contributed by atoms with Crippen LogP contribution >= 0.6 is 0 Å². The number of aromatic nitrogens is 2. The molecule has 1 aromatic rings. The minimum absolute atomic E-state index is 0.00660. The average molecular weight is 233 g/mol. The molecule has 1 aliphatic heterocycles. The number of rotatable bonds is 0. The zero-order chi connectivity index (χ0) is 12.1. The minimum atomic E-state index is -4.46. The number of aryl methyl sites for hydroxylation is 1. The van der Waals surface area contributed by atoms with Crippen molar-refractivity contribution in [3.63, 3.8) is 0 Å². The molecule has 1 aromatic heterocycles. The van der Waals surface area contributed by atoms with Gasteiger partial charge in [-0.3, -0.25) is 9.48 Å². The van der Waals surface area contributed by atoms with Gasteiger partial charge >= 0.3 is 6.18 Å². The molecule has 7 heteroatoms. The highest BCUT2D eigenvalue weighted by atomic mass is 19.4. The molecule has 16 heavy (non-hydrogen) atoms. The summed E-state index contributed by atoms with van der Waals surface area (Å²) in [7, 11) is 1.46. The predicted molar refractivity (Wildman–Crippen MR) is 48.1 cm³/mol. The molecule has 0 bridgehead atoms. The van der Waals surface area contributed by atoms with Gasteiger partial charge in [0.2, 0.25) is 5.91 Å². The Balaban J connectivity index is 2.43. The van der Waals surface area contributed by atoms with E-state index in [1.807, 2.05) is 0 Å². The lowest BCUT2D eigenvalue weighted by Gasteiger charge is -2.13. The summed E-state index contributed by atoms with van der Waals surface area (Å²) in [5.74, 6) is -0.232. The molecule has 0 radical (unpaired) electrons. The Hall–Kier alpha value is -1.53. The highest BCUT2D eigenvalue weighted by molar-refractivity contribution is 5.74. The number of fused-ring (bicyclic) bond motifs is 1. The van der Waals surface area contributed by atoms with Crippen molar-refractivity contribution in [2.75, 3.05) is 0 Å². The van der Waals surface area contributed by atoms with Crippen LogP contribution in [0.15, 0.2) is 0 Å². The largest absolute Gasteiger partial charge is 0.435 e. The molecule has 4 nitrogen and oxygen atoms in total. The minimum Gasteiger partial charge on any atom is -0.333 e. The first-order chi connectivity index (χ1) is 7.30. The molecule has 2 rings (SSSR count). The number of alkyl halides is 3. The van der Waals surface area contributed by atoms with E-state index >= 15 is 0 Å². The van der Waals surface area contributed by atoms with Crippen LogP contribution in [-0.2, 0) is 31.1 Å². The SMILES string of the molecule is CC(=O)N1Cc2c(C(F)(F)F)nn(C)c2C1. The van der Waals surface area contributed by atoms with Crippen LogP contribution in [0, 0.1) is 0 Å². The van der Waals surface area contributed by atoms with Crippen LogP contribution in [0.25, 0.3) is 0 Å². The van der Waals surface area contributed by atoms with E-state index in [2.05, 4.69) is 5.10 Å². The summed E-state index contributed by atoms with van der Waals surface area (Å²) in [6.07, 6.45) is -4.46. The normalized spacial score (nSPS) is 15.4. The number of hydrogen-bond acceptors (Lipinski definition) is 2. The number of carbonyl (C=O) groups excluding carboxylic acids is 1. The summed E-state index contributed by atoms with van der Waals surface area (Å²) in [6.45, 7) is 1.53. The maximum atomic E-state index is 12.6. The average Bonchev–Trinajstić information content (AvgIpc) is 2.65. The maximum absolute atomic E-state index is 12.6. The van der Waals surface area contributed by atoms with Crippen molar-refractivity contribution in [3.05, 3.63) is 17.0 Å². The molecular weight excluding hydrogens is 223 g/mol. The third kappa shape index (κ3) is 1.56. The van der Waals surface area contributed by atoms with E-state index in [1.165, 1.54) is 23.6 Å². The smallest absolute Gasteiger partial charge is 0.333 e. The van der Waals surface area contributed by atoms with Gasteiger partial charge in [-0.2, -0.15) is 18.3 Å². The molecule has 1 aliphatic rings. The fraction of sp³-hybridized carbons (Fsp3) is 0.556. The number of nitrogens with zero attached hydrogens (tertiary/aromatic N) is 3. The van der Waals surface area contributed by atoms with Crippen LogP contribution in [0.2, 0.25) is 0 Å². The van der Waals surface area contributed by atoms with E-state index in [0.29, 0.717) is 5.69 Å². The van der Waals surface area contributed by atoms with Crippen molar-refractivity contribution >= 4 is 5.91 Å². The van der Waals surface area contributed by atoms with Crippen molar-refractivity contribution in [2.45, 2.75) is 26.2 Å². The molecule has 0 spiro atoms. The topological polar surface area (TPSA) is 38.1 Å². The summed E-state index contributed by atoms with van der Waals surface area (Å²) in [6, 6.07) is 0. The van der Waals surface area contributed by atoms with Crippen molar-refractivity contribution in [2.24, 2.45) is 7.05 Å². The lowest BCUT2D eigenvalue weighted by Crippen LogP contribution is -2.24. The van der Waals surface area contributed by atoms with Gasteiger partial charge in [0.25, 0.3) is 0 Å². The molecule has 88 valence electrons. The number of amides is 1. The first-order valence-corrected chi connectivity index (χ1v) is 4.68. The zero-order valence-electron chi connectivity index (χ0n) is 8.80. The van der Waals surface area contributed by atoms with Crippen LogP contribution in [0.3, 0.4) is 0 Å². The molecule has 0 fully saturated rings. The zero-order valence-corrected chi connectivity index (χ0v) is 8.80. The van der Waals surface area contributed by atoms with Crippen LogP contribution in [0.1, 0.15) is 23.9 Å². The molecule has 0 saturated heterocycles. The summed E-state index contributed by atoms with van der Waals surface area (Å²) >= 11 is 0. The number of hydrogen-bond donors (Lipinski definition) is 0. The van der Waals surface area contributed by atoms with Gasteiger partial charge in [0.05, 0.1) is 18.8 Å². The standard InChI is InChI=1S/C9H10F3N3O/c1-5(16)15-3-6-7(4-15)14(2)13-8(6)9(10,11)12/h3-4H2,1-2H3. The van der Waals surface area contributed by atoms with Gasteiger partial charge in [-0.25, -0.2) is 0 Å². The second kappa shape index (κ2) is 3.23. The maximum Gasteiger partial charge on any atom is 0.435 e. The molecule has 0 atom stereocenters. The van der Waals surface area contributed by atoms with Crippen LogP contribution in [0.4, 0.5) is 13.2 Å². The van der Waals surface area contributed by atoms with Gasteiger partial charge in [0, 0.05) is 19.5 Å². The Kier molecular flexibility index (Phi) is 2.21. The van der Waals surface area contributed by atoms with E-state index in [0.717, 1.165) is 0 Å². The first kappa shape index (κ1) is 11.0. The lowest BCUT2D eigenvalue weighted by atomic mass is 10.2. The van der Waals surface area contributed by atoms with Crippen LogP contribution < -0.4 is 0 Å². The number of carbonyl (C=O) groups is 1. The van der Waals surface area contributed by atoms with Gasteiger partial charge in [-0.1, -0.05) is 0 Å². The Bertz CT molecular complexity index is 450.